The molecule has 2 amide bonds. The summed E-state index contributed by atoms with van der Waals surface area (Å²) in [6.45, 7) is 6.10. The fourth-order valence-corrected chi connectivity index (χ4v) is 6.44. The highest BCUT2D eigenvalue weighted by molar-refractivity contribution is 6.00. The summed E-state index contributed by atoms with van der Waals surface area (Å²) in [5.41, 5.74) is 0.898. The van der Waals surface area contributed by atoms with Gasteiger partial charge >= 0.3 is 0 Å². The van der Waals surface area contributed by atoms with Gasteiger partial charge in [0.1, 0.15) is 17.1 Å². The van der Waals surface area contributed by atoms with Crippen molar-refractivity contribution < 1.29 is 23.5 Å². The summed E-state index contributed by atoms with van der Waals surface area (Å²) >= 11 is 0. The van der Waals surface area contributed by atoms with E-state index in [-0.39, 0.29) is 24.0 Å². The summed E-state index contributed by atoms with van der Waals surface area (Å²) in [6.07, 6.45) is 5.06. The first-order valence-corrected chi connectivity index (χ1v) is 12.0. The van der Waals surface area contributed by atoms with Crippen LogP contribution in [-0.2, 0) is 19.1 Å². The van der Waals surface area contributed by atoms with Crippen molar-refractivity contribution in [1.29, 1.82) is 0 Å². The Morgan fingerprint density at radius 3 is 2.62 bits per heavy atom. The number of ketones is 1. The molecule has 1 aromatic heterocycles. The fraction of sp³-hybridized carbons (Fsp3) is 0.444. The lowest BCUT2D eigenvalue weighted by molar-refractivity contribution is -0.147. The monoisotopic (exact) mass is 460 g/mol. The lowest BCUT2D eigenvalue weighted by Gasteiger charge is -2.43. The van der Waals surface area contributed by atoms with Gasteiger partial charge in [0.2, 0.25) is 11.8 Å². The second-order valence-electron chi connectivity index (χ2n) is 10.2. The smallest absolute Gasteiger partial charge is 0.231 e. The van der Waals surface area contributed by atoms with Crippen molar-refractivity contribution in [3.63, 3.8) is 0 Å². The van der Waals surface area contributed by atoms with Crippen molar-refractivity contribution in [2.24, 2.45) is 17.8 Å². The predicted octanol–water partition coefficient (Wildman–Crippen LogP) is 3.84. The molecule has 2 bridgehead atoms. The maximum atomic E-state index is 13.9. The molecule has 4 aliphatic rings. The van der Waals surface area contributed by atoms with Crippen LogP contribution in [0.2, 0.25) is 0 Å². The lowest BCUT2D eigenvalue weighted by atomic mass is 9.70. The number of hydrogen-bond acceptors (Lipinski definition) is 5. The number of nitrogens with one attached hydrogen (secondary N) is 1. The van der Waals surface area contributed by atoms with E-state index < -0.39 is 41.5 Å². The molecule has 1 aromatic carbocycles. The average Bonchev–Trinajstić information content (AvgIpc) is 3.59. The quantitative estimate of drug-likeness (QED) is 0.701. The third kappa shape index (κ3) is 2.83. The summed E-state index contributed by atoms with van der Waals surface area (Å²) in [6, 6.07) is 10.4. The van der Waals surface area contributed by atoms with Gasteiger partial charge in [-0.1, -0.05) is 45.1 Å². The number of hydrogen-bond donors (Lipinski definition) is 1. The van der Waals surface area contributed by atoms with Crippen LogP contribution >= 0.6 is 0 Å². The number of nitrogens with zero attached hydrogens (tertiary/aromatic N) is 1. The van der Waals surface area contributed by atoms with Crippen LogP contribution in [0.5, 0.6) is 0 Å². The number of benzene rings is 1. The molecule has 0 radical (unpaired) electrons. The Bertz CT molecular complexity index is 1180. The summed E-state index contributed by atoms with van der Waals surface area (Å²) in [5, 5.41) is 3.00. The van der Waals surface area contributed by atoms with Crippen molar-refractivity contribution in [1.82, 2.24) is 4.90 Å². The first-order chi connectivity index (χ1) is 16.3. The van der Waals surface area contributed by atoms with Gasteiger partial charge in [-0.3, -0.25) is 14.4 Å². The van der Waals surface area contributed by atoms with Gasteiger partial charge in [-0.2, -0.15) is 0 Å². The van der Waals surface area contributed by atoms with Gasteiger partial charge in [-0.05, 0) is 35.7 Å². The van der Waals surface area contributed by atoms with Gasteiger partial charge in [0.15, 0.2) is 0 Å². The number of ether oxygens (including phenoxy) is 1. The van der Waals surface area contributed by atoms with Gasteiger partial charge in [0.05, 0.1) is 36.3 Å². The van der Waals surface area contributed by atoms with E-state index in [9.17, 15) is 14.4 Å². The Kier molecular flexibility index (Phi) is 4.65. The molecule has 1 spiro atoms. The molecule has 5 heterocycles. The molecule has 0 aliphatic carbocycles. The summed E-state index contributed by atoms with van der Waals surface area (Å²) in [5.74, 6) is -1.05. The Hall–Kier alpha value is -3.19. The first kappa shape index (κ1) is 21.4. The van der Waals surface area contributed by atoms with E-state index >= 15 is 0 Å². The number of fused-ring (bicyclic) bond motifs is 2. The van der Waals surface area contributed by atoms with Gasteiger partial charge in [-0.25, -0.2) is 0 Å². The van der Waals surface area contributed by atoms with Crippen LogP contribution in [0.4, 0.5) is 5.69 Å². The first-order valence-electron chi connectivity index (χ1n) is 12.0. The van der Waals surface area contributed by atoms with E-state index in [1.807, 2.05) is 43.3 Å². The standard InChI is InChI=1S/C27H28N2O5/c1-14(2)16-6-8-17(9-7-16)28-25(31)22-21-10-11-27(34-21)23(22)26(32)29-18(20-5-4-12-33-20)13-19(30)15(3)24(27)29/h4-12,14-15,18,21-24H,13H2,1-3H3,(H,28,31)/t15-,18-,21+,22+,23-,24+,27-/m0/s1. The molecule has 2 aromatic rings. The molecular weight excluding hydrogens is 432 g/mol. The second-order valence-corrected chi connectivity index (χ2v) is 10.2. The third-order valence-electron chi connectivity index (χ3n) is 8.10. The summed E-state index contributed by atoms with van der Waals surface area (Å²) in [4.78, 5) is 42.2. The molecule has 7 nitrogen and oxygen atoms in total. The van der Waals surface area contributed by atoms with Crippen LogP contribution in [0, 0.1) is 17.8 Å². The van der Waals surface area contributed by atoms with E-state index in [0.717, 1.165) is 0 Å². The van der Waals surface area contributed by atoms with Gasteiger partial charge in [0.25, 0.3) is 0 Å². The molecule has 3 fully saturated rings. The molecule has 0 saturated carbocycles. The Morgan fingerprint density at radius 1 is 1.18 bits per heavy atom. The van der Waals surface area contributed by atoms with Crippen LogP contribution in [0.25, 0.3) is 0 Å². The second kappa shape index (κ2) is 7.40. The van der Waals surface area contributed by atoms with Crippen molar-refractivity contribution in [2.45, 2.75) is 56.9 Å². The van der Waals surface area contributed by atoms with Crippen molar-refractivity contribution in [2.75, 3.05) is 5.32 Å². The van der Waals surface area contributed by atoms with E-state index in [1.165, 1.54) is 5.56 Å². The Balaban J connectivity index is 1.34. The van der Waals surface area contributed by atoms with Crippen LogP contribution < -0.4 is 5.32 Å². The molecule has 4 aliphatic heterocycles. The van der Waals surface area contributed by atoms with Crippen molar-refractivity contribution in [3.05, 3.63) is 66.1 Å². The minimum absolute atomic E-state index is 0.0732. The number of carbonyl (C=O) groups is 3. The minimum Gasteiger partial charge on any atom is -0.467 e. The Labute approximate surface area is 198 Å². The fourth-order valence-electron chi connectivity index (χ4n) is 6.44. The van der Waals surface area contributed by atoms with Crippen molar-refractivity contribution >= 4 is 23.3 Å². The zero-order valence-corrected chi connectivity index (χ0v) is 19.4. The highest BCUT2D eigenvalue weighted by atomic mass is 16.5. The predicted molar refractivity (Wildman–Crippen MR) is 124 cm³/mol. The largest absolute Gasteiger partial charge is 0.467 e. The average molecular weight is 461 g/mol. The highest BCUT2D eigenvalue weighted by Crippen LogP contribution is 2.60. The number of rotatable bonds is 4. The van der Waals surface area contributed by atoms with E-state index in [2.05, 4.69) is 19.2 Å². The zero-order valence-electron chi connectivity index (χ0n) is 19.4. The Morgan fingerprint density at radius 2 is 1.94 bits per heavy atom. The van der Waals surface area contributed by atoms with Gasteiger partial charge in [-0.15, -0.1) is 0 Å². The summed E-state index contributed by atoms with van der Waals surface area (Å²) < 4.78 is 12.0. The number of anilines is 1. The van der Waals surface area contributed by atoms with E-state index in [0.29, 0.717) is 17.4 Å². The SMILES string of the molecule is CC(C)c1ccc(NC(=O)[C@H]2[C@H]3C(=O)N4[C@H](c5ccco5)CC(=O)[C@H](C)[C@@H]4[C@]34C=C[C@H]2O4)cc1. The molecule has 7 atom stereocenters. The maximum absolute atomic E-state index is 13.9. The lowest BCUT2D eigenvalue weighted by Crippen LogP contribution is -2.55. The number of carbonyl (C=O) groups excluding carboxylic acids is 3. The maximum Gasteiger partial charge on any atom is 0.231 e. The minimum atomic E-state index is -0.981. The molecule has 1 N–H and O–H groups in total. The van der Waals surface area contributed by atoms with Gasteiger partial charge in [0, 0.05) is 18.0 Å². The summed E-state index contributed by atoms with van der Waals surface area (Å²) in [7, 11) is 0. The number of piperidine rings is 1. The van der Waals surface area contributed by atoms with E-state index in [1.54, 1.807) is 23.3 Å². The number of amides is 2. The molecule has 0 unspecified atom stereocenters. The molecule has 34 heavy (non-hydrogen) atoms. The van der Waals surface area contributed by atoms with E-state index in [4.69, 9.17) is 9.15 Å². The molecule has 176 valence electrons. The number of Topliss-reactive ketones (excluding diaryl/α,β-unsaturated/α-hetero) is 1. The van der Waals surface area contributed by atoms with Gasteiger partial charge < -0.3 is 19.4 Å². The van der Waals surface area contributed by atoms with Crippen LogP contribution in [0.15, 0.2) is 59.2 Å². The molecule has 3 saturated heterocycles. The molecular formula is C27H28N2O5. The number of furan rings is 1. The zero-order chi connectivity index (χ0) is 23.8. The molecule has 6 rings (SSSR count). The van der Waals surface area contributed by atoms with Crippen LogP contribution in [0.1, 0.15) is 50.5 Å². The third-order valence-corrected chi connectivity index (χ3v) is 8.10. The normalized spacial score (nSPS) is 35.7. The topological polar surface area (TPSA) is 88.9 Å². The van der Waals surface area contributed by atoms with Crippen LogP contribution in [0.3, 0.4) is 0 Å². The molecule has 7 heteroatoms. The highest BCUT2D eigenvalue weighted by Gasteiger charge is 2.74. The van der Waals surface area contributed by atoms with Crippen molar-refractivity contribution in [3.8, 4) is 0 Å². The van der Waals surface area contributed by atoms with Crippen LogP contribution in [-0.4, -0.2) is 40.2 Å².